The van der Waals surface area contributed by atoms with Crippen LogP contribution in [0.3, 0.4) is 0 Å². The Morgan fingerprint density at radius 3 is 1.86 bits per heavy atom. The van der Waals surface area contributed by atoms with Gasteiger partial charge in [0.15, 0.2) is 0 Å². The molecule has 0 aliphatic heterocycles. The normalized spacial score (nSPS) is 35.0. The molecular formula is C43H81N. The summed E-state index contributed by atoms with van der Waals surface area (Å²) in [4.78, 5) is 0. The number of rotatable bonds is 17. The molecule has 4 fully saturated rings. The average Bonchev–Trinajstić information content (AvgIpc) is 3.02. The summed E-state index contributed by atoms with van der Waals surface area (Å²) in [6.07, 6.45) is 33.0. The zero-order valence-corrected chi connectivity index (χ0v) is 31.3. The lowest BCUT2D eigenvalue weighted by molar-refractivity contribution is -0.00299. The summed E-state index contributed by atoms with van der Waals surface area (Å²) in [5, 5.41) is 3.79. The van der Waals surface area contributed by atoms with Crippen LogP contribution in [-0.4, -0.2) is 12.6 Å². The summed E-state index contributed by atoms with van der Waals surface area (Å²) in [6.45, 7) is 18.9. The van der Waals surface area contributed by atoms with Gasteiger partial charge in [-0.05, 0) is 135 Å². The molecule has 4 aliphatic rings. The fourth-order valence-electron chi connectivity index (χ4n) is 12.5. The molecule has 4 aliphatic carbocycles. The van der Waals surface area contributed by atoms with Crippen molar-refractivity contribution in [2.24, 2.45) is 71.0 Å². The Balaban J connectivity index is 1.33. The first-order valence-electron chi connectivity index (χ1n) is 21.1. The smallest absolute Gasteiger partial charge is 0.00694 e. The van der Waals surface area contributed by atoms with Crippen LogP contribution in [0.4, 0.5) is 0 Å². The van der Waals surface area contributed by atoms with E-state index < -0.39 is 0 Å². The van der Waals surface area contributed by atoms with Crippen LogP contribution in [0.1, 0.15) is 190 Å². The van der Waals surface area contributed by atoms with Crippen molar-refractivity contribution in [1.29, 1.82) is 0 Å². The largest absolute Gasteiger partial charge is 0.314 e. The van der Waals surface area contributed by atoms with E-state index in [0.29, 0.717) is 0 Å². The first-order chi connectivity index (χ1) is 21.3. The van der Waals surface area contributed by atoms with Crippen LogP contribution in [0.2, 0.25) is 0 Å². The van der Waals surface area contributed by atoms with Gasteiger partial charge in [0.05, 0.1) is 0 Å². The lowest BCUT2D eigenvalue weighted by atomic mass is 9.55. The molecule has 1 N–H and O–H groups in total. The van der Waals surface area contributed by atoms with Gasteiger partial charge in [0.2, 0.25) is 0 Å². The zero-order chi connectivity index (χ0) is 31.5. The molecule has 1 heteroatoms. The second-order valence-corrected chi connectivity index (χ2v) is 18.0. The van der Waals surface area contributed by atoms with Crippen LogP contribution in [0.25, 0.3) is 0 Å². The second kappa shape index (κ2) is 19.1. The minimum absolute atomic E-state index is 0.767. The van der Waals surface area contributed by atoms with Gasteiger partial charge in [-0.25, -0.2) is 0 Å². The lowest BCUT2D eigenvalue weighted by Crippen LogP contribution is -2.42. The minimum atomic E-state index is 0.767. The van der Waals surface area contributed by atoms with Crippen LogP contribution >= 0.6 is 0 Å². The Morgan fingerprint density at radius 1 is 0.614 bits per heavy atom. The van der Waals surface area contributed by atoms with Gasteiger partial charge in [0.1, 0.15) is 0 Å². The molecule has 0 saturated heterocycles. The molecular weight excluding hydrogens is 530 g/mol. The molecule has 0 bridgehead atoms. The molecule has 0 radical (unpaired) electrons. The molecule has 0 heterocycles. The highest BCUT2D eigenvalue weighted by Crippen LogP contribution is 2.53. The number of fused-ring (bicyclic) bond motifs is 1. The Hall–Kier alpha value is -0.0400. The fourth-order valence-corrected chi connectivity index (χ4v) is 12.5. The molecule has 258 valence electrons. The van der Waals surface area contributed by atoms with E-state index in [9.17, 15) is 0 Å². The fraction of sp³-hybridized carbons (Fsp3) is 1.00. The van der Waals surface area contributed by atoms with E-state index in [4.69, 9.17) is 0 Å². The second-order valence-electron chi connectivity index (χ2n) is 18.0. The van der Waals surface area contributed by atoms with Gasteiger partial charge in [-0.15, -0.1) is 0 Å². The molecule has 4 saturated carbocycles. The molecule has 10 atom stereocenters. The minimum Gasteiger partial charge on any atom is -0.314 e. The summed E-state index contributed by atoms with van der Waals surface area (Å²) >= 11 is 0. The third-order valence-electron chi connectivity index (χ3n) is 14.5. The van der Waals surface area contributed by atoms with Gasteiger partial charge >= 0.3 is 0 Å². The summed E-state index contributed by atoms with van der Waals surface area (Å²) in [5.41, 5.74) is 0. The standard InChI is InChI=1S/C43H81N/c1-8-15-37(28-32(6)27-34-21-23-35(24-22-34)29-40(16-9-2)44-10-3)33(7)41-19-13-14-20-42(41)43(31(4)5)39-26-25-36-17-11-12-18-38(36)30-39/h31-44H,8-30H2,1-7H3. The topological polar surface area (TPSA) is 12.0 Å². The summed E-state index contributed by atoms with van der Waals surface area (Å²) in [5.74, 6) is 11.8. The molecule has 0 aromatic carbocycles. The molecule has 10 unspecified atom stereocenters. The predicted octanol–water partition coefficient (Wildman–Crippen LogP) is 13.1. The maximum absolute atomic E-state index is 3.79. The maximum atomic E-state index is 3.79. The Morgan fingerprint density at radius 2 is 1.23 bits per heavy atom. The van der Waals surface area contributed by atoms with Gasteiger partial charge in [-0.2, -0.15) is 0 Å². The Labute approximate surface area is 278 Å². The van der Waals surface area contributed by atoms with Crippen LogP contribution in [0.5, 0.6) is 0 Å². The summed E-state index contributed by atoms with van der Waals surface area (Å²) < 4.78 is 0. The molecule has 44 heavy (non-hydrogen) atoms. The molecule has 1 nitrogen and oxygen atoms in total. The monoisotopic (exact) mass is 612 g/mol. The summed E-state index contributed by atoms with van der Waals surface area (Å²) in [6, 6.07) is 0.767. The first kappa shape index (κ1) is 36.8. The van der Waals surface area contributed by atoms with E-state index in [1.54, 1.807) is 44.9 Å². The molecule has 0 spiro atoms. The van der Waals surface area contributed by atoms with E-state index in [-0.39, 0.29) is 0 Å². The summed E-state index contributed by atoms with van der Waals surface area (Å²) in [7, 11) is 0. The van der Waals surface area contributed by atoms with Crippen molar-refractivity contribution in [3.63, 3.8) is 0 Å². The van der Waals surface area contributed by atoms with Crippen molar-refractivity contribution < 1.29 is 0 Å². The third kappa shape index (κ3) is 10.5. The van der Waals surface area contributed by atoms with Crippen molar-refractivity contribution in [2.75, 3.05) is 6.54 Å². The number of nitrogens with one attached hydrogen (secondary N) is 1. The van der Waals surface area contributed by atoms with Crippen LogP contribution < -0.4 is 5.32 Å². The first-order valence-corrected chi connectivity index (χ1v) is 21.1. The van der Waals surface area contributed by atoms with Gasteiger partial charge in [0, 0.05) is 6.04 Å². The highest BCUT2D eigenvalue weighted by Gasteiger charge is 2.44. The van der Waals surface area contributed by atoms with Crippen molar-refractivity contribution in [2.45, 2.75) is 196 Å². The van der Waals surface area contributed by atoms with E-state index in [2.05, 4.69) is 53.8 Å². The Bertz CT molecular complexity index is 744. The lowest BCUT2D eigenvalue weighted by Gasteiger charge is -2.50. The molecule has 0 amide bonds. The predicted molar refractivity (Wildman–Crippen MR) is 195 cm³/mol. The molecule has 4 rings (SSSR count). The molecule has 0 aromatic heterocycles. The van der Waals surface area contributed by atoms with Crippen molar-refractivity contribution >= 4 is 0 Å². The van der Waals surface area contributed by atoms with E-state index in [0.717, 1.165) is 83.6 Å². The molecule has 0 aromatic rings. The van der Waals surface area contributed by atoms with Crippen molar-refractivity contribution in [3.8, 4) is 0 Å². The van der Waals surface area contributed by atoms with Gasteiger partial charge in [0.25, 0.3) is 0 Å². The van der Waals surface area contributed by atoms with Crippen LogP contribution in [-0.2, 0) is 0 Å². The highest BCUT2D eigenvalue weighted by molar-refractivity contribution is 4.94. The van der Waals surface area contributed by atoms with E-state index in [1.165, 1.54) is 96.3 Å². The van der Waals surface area contributed by atoms with Gasteiger partial charge < -0.3 is 5.32 Å². The average molecular weight is 612 g/mol. The maximum Gasteiger partial charge on any atom is 0.00694 e. The number of hydrogen-bond donors (Lipinski definition) is 1. The van der Waals surface area contributed by atoms with Crippen molar-refractivity contribution in [1.82, 2.24) is 5.32 Å². The van der Waals surface area contributed by atoms with Gasteiger partial charge in [-0.1, -0.05) is 132 Å². The van der Waals surface area contributed by atoms with E-state index in [1.807, 2.05) is 0 Å². The van der Waals surface area contributed by atoms with Crippen LogP contribution in [0.15, 0.2) is 0 Å². The van der Waals surface area contributed by atoms with E-state index >= 15 is 0 Å². The SMILES string of the molecule is CCCC(CC1CCC(CC(C)CC(CCC)C(C)C2CCCCC2C(C(C)C)C2CCC3CCCCC3C2)CC1)NCC. The van der Waals surface area contributed by atoms with Gasteiger partial charge in [-0.3, -0.25) is 0 Å². The van der Waals surface area contributed by atoms with Crippen LogP contribution in [0, 0.1) is 71.0 Å². The zero-order valence-electron chi connectivity index (χ0n) is 31.3. The Kier molecular flexibility index (Phi) is 16.0. The quantitative estimate of drug-likeness (QED) is 0.172. The number of hydrogen-bond acceptors (Lipinski definition) is 1. The van der Waals surface area contributed by atoms with Crippen molar-refractivity contribution in [3.05, 3.63) is 0 Å². The third-order valence-corrected chi connectivity index (χ3v) is 14.5. The highest BCUT2D eigenvalue weighted by atomic mass is 14.9.